The van der Waals surface area contributed by atoms with Crippen LogP contribution in [0.2, 0.25) is 5.02 Å². The van der Waals surface area contributed by atoms with Crippen LogP contribution >= 0.6 is 11.6 Å². The molecule has 0 spiro atoms. The van der Waals surface area contributed by atoms with Crippen molar-refractivity contribution < 1.29 is 23.8 Å². The Labute approximate surface area is 165 Å². The second-order valence-corrected chi connectivity index (χ2v) is 7.95. The molecule has 1 aliphatic rings. The predicted octanol–water partition coefficient (Wildman–Crippen LogP) is -1.25. The van der Waals surface area contributed by atoms with Crippen molar-refractivity contribution in [1.29, 1.82) is 0 Å². The van der Waals surface area contributed by atoms with Gasteiger partial charge in [0.1, 0.15) is 12.4 Å². The number of hydrogen-bond donors (Lipinski definition) is 3. The molecule has 27 heavy (non-hydrogen) atoms. The van der Waals surface area contributed by atoms with Crippen LogP contribution in [0.25, 0.3) is 0 Å². The molecule has 0 saturated carbocycles. The molecule has 1 aromatic carbocycles. The number of hydrogen-bond acceptors (Lipinski definition) is 2. The minimum Gasteiger partial charge on any atom is -0.349 e. The molecule has 2 rings (SSSR count). The summed E-state index contributed by atoms with van der Waals surface area (Å²) in [5.74, 6) is -0.280. The van der Waals surface area contributed by atoms with Crippen LogP contribution in [0.3, 0.4) is 0 Å². The van der Waals surface area contributed by atoms with Gasteiger partial charge in [-0.15, -0.1) is 0 Å². The zero-order valence-electron chi connectivity index (χ0n) is 16.3. The Morgan fingerprint density at radius 2 is 1.96 bits per heavy atom. The highest BCUT2D eigenvalue weighted by Crippen LogP contribution is 2.17. The summed E-state index contributed by atoms with van der Waals surface area (Å²) in [6.07, 6.45) is 0. The number of piperazine rings is 1. The molecule has 8 heteroatoms. The number of benzene rings is 1. The van der Waals surface area contributed by atoms with Gasteiger partial charge >= 0.3 is 0 Å². The van der Waals surface area contributed by atoms with E-state index in [1.807, 2.05) is 25.8 Å². The third-order valence-electron chi connectivity index (χ3n) is 4.68. The van der Waals surface area contributed by atoms with Gasteiger partial charge in [0.15, 0.2) is 13.1 Å². The summed E-state index contributed by atoms with van der Waals surface area (Å²) in [7, 11) is 1.85. The lowest BCUT2D eigenvalue weighted by molar-refractivity contribution is -0.918. The van der Waals surface area contributed by atoms with Gasteiger partial charge in [0.2, 0.25) is 0 Å². The first-order valence-corrected chi connectivity index (χ1v) is 9.79. The average molecular weight is 401 g/mol. The molecular weight excluding hydrogens is 371 g/mol. The van der Waals surface area contributed by atoms with E-state index in [1.54, 1.807) is 12.1 Å². The fourth-order valence-electron chi connectivity index (χ4n) is 3.28. The normalized spacial score (nSPS) is 16.4. The van der Waals surface area contributed by atoms with E-state index in [0.29, 0.717) is 36.8 Å². The van der Waals surface area contributed by atoms with Gasteiger partial charge in [-0.1, -0.05) is 17.7 Å². The van der Waals surface area contributed by atoms with Crippen LogP contribution in [0.5, 0.6) is 0 Å². The highest BCUT2D eigenvalue weighted by Gasteiger charge is 2.27. The SMILES string of the molecule is CC(C)NC(=O)C[NH+](C)CC(=O)N1CC[NH+](Cc2c(F)cccc2Cl)CC1. The van der Waals surface area contributed by atoms with Gasteiger partial charge in [0, 0.05) is 6.04 Å². The second kappa shape index (κ2) is 10.0. The molecule has 0 aromatic heterocycles. The summed E-state index contributed by atoms with van der Waals surface area (Å²) in [5.41, 5.74) is 0.536. The van der Waals surface area contributed by atoms with E-state index < -0.39 is 0 Å². The molecular formula is C19H30ClFN4O2+2. The van der Waals surface area contributed by atoms with E-state index in [-0.39, 0.29) is 30.2 Å². The highest BCUT2D eigenvalue weighted by molar-refractivity contribution is 6.31. The first-order valence-electron chi connectivity index (χ1n) is 9.41. The summed E-state index contributed by atoms with van der Waals surface area (Å²) in [6, 6.07) is 4.83. The Bertz CT molecular complexity index is 643. The van der Waals surface area contributed by atoms with Crippen LogP contribution < -0.4 is 15.1 Å². The maximum absolute atomic E-state index is 13.9. The second-order valence-electron chi connectivity index (χ2n) is 7.54. The minimum atomic E-state index is -0.279. The van der Waals surface area contributed by atoms with Crippen molar-refractivity contribution in [3.05, 3.63) is 34.6 Å². The zero-order valence-corrected chi connectivity index (χ0v) is 17.0. The molecule has 0 bridgehead atoms. The van der Waals surface area contributed by atoms with Crippen molar-refractivity contribution in [2.75, 3.05) is 46.3 Å². The summed E-state index contributed by atoms with van der Waals surface area (Å²) in [5, 5.41) is 3.28. The zero-order chi connectivity index (χ0) is 20.0. The van der Waals surface area contributed by atoms with E-state index >= 15 is 0 Å². The maximum Gasteiger partial charge on any atom is 0.278 e. The summed E-state index contributed by atoms with van der Waals surface area (Å²) < 4.78 is 13.9. The average Bonchev–Trinajstić information content (AvgIpc) is 2.57. The van der Waals surface area contributed by atoms with Crippen LogP contribution in [0.1, 0.15) is 19.4 Å². The van der Waals surface area contributed by atoms with Gasteiger partial charge in [0.05, 0.1) is 43.8 Å². The van der Waals surface area contributed by atoms with Crippen LogP contribution in [0.4, 0.5) is 4.39 Å². The highest BCUT2D eigenvalue weighted by atomic mass is 35.5. The Hall–Kier alpha value is -1.70. The van der Waals surface area contributed by atoms with Crippen molar-refractivity contribution in [2.24, 2.45) is 0 Å². The molecule has 1 atom stereocenters. The van der Waals surface area contributed by atoms with Gasteiger partial charge in [-0.3, -0.25) is 9.59 Å². The van der Waals surface area contributed by atoms with Gasteiger partial charge in [-0.25, -0.2) is 4.39 Å². The van der Waals surface area contributed by atoms with Crippen LogP contribution in [-0.2, 0) is 16.1 Å². The lowest BCUT2D eigenvalue weighted by atomic mass is 10.2. The van der Waals surface area contributed by atoms with Crippen LogP contribution in [0.15, 0.2) is 18.2 Å². The van der Waals surface area contributed by atoms with Crippen molar-refractivity contribution in [1.82, 2.24) is 10.2 Å². The Balaban J connectivity index is 1.78. The van der Waals surface area contributed by atoms with E-state index in [1.165, 1.54) is 11.0 Å². The summed E-state index contributed by atoms with van der Waals surface area (Å²) in [4.78, 5) is 28.2. The number of likely N-dealkylation sites (N-methyl/N-ethyl adjacent to an activating group) is 1. The number of rotatable bonds is 7. The number of nitrogens with one attached hydrogen (secondary N) is 3. The van der Waals surface area contributed by atoms with Crippen molar-refractivity contribution in [3.63, 3.8) is 0 Å². The lowest BCUT2D eigenvalue weighted by Gasteiger charge is -2.32. The summed E-state index contributed by atoms with van der Waals surface area (Å²) >= 11 is 6.10. The van der Waals surface area contributed by atoms with E-state index in [4.69, 9.17) is 11.6 Å². The largest absolute Gasteiger partial charge is 0.349 e. The van der Waals surface area contributed by atoms with E-state index in [2.05, 4.69) is 5.32 Å². The molecule has 3 N–H and O–H groups in total. The number of nitrogens with zero attached hydrogens (tertiary/aromatic N) is 1. The monoisotopic (exact) mass is 400 g/mol. The van der Waals surface area contributed by atoms with Gasteiger partial charge < -0.3 is 20.0 Å². The number of carbonyl (C=O) groups excluding carboxylic acids is 2. The Kier molecular flexibility index (Phi) is 8.01. The third-order valence-corrected chi connectivity index (χ3v) is 5.03. The molecule has 1 saturated heterocycles. The van der Waals surface area contributed by atoms with E-state index in [9.17, 15) is 14.0 Å². The maximum atomic E-state index is 13.9. The third kappa shape index (κ3) is 6.75. The van der Waals surface area contributed by atoms with Crippen LogP contribution in [0, 0.1) is 5.82 Å². The van der Waals surface area contributed by atoms with Crippen molar-refractivity contribution >= 4 is 23.4 Å². The summed E-state index contributed by atoms with van der Waals surface area (Å²) in [6.45, 7) is 7.68. The molecule has 150 valence electrons. The molecule has 1 aromatic rings. The quantitative estimate of drug-likeness (QED) is 0.535. The van der Waals surface area contributed by atoms with Gasteiger partial charge in [-0.05, 0) is 26.0 Å². The van der Waals surface area contributed by atoms with Crippen LogP contribution in [-0.4, -0.2) is 69.1 Å². The number of halogens is 2. The number of quaternary nitrogens is 2. The fourth-order valence-corrected chi connectivity index (χ4v) is 3.51. The fraction of sp³-hybridized carbons (Fsp3) is 0.579. The van der Waals surface area contributed by atoms with E-state index in [0.717, 1.165) is 18.0 Å². The molecule has 1 heterocycles. The Morgan fingerprint density at radius 3 is 2.56 bits per heavy atom. The predicted molar refractivity (Wildman–Crippen MR) is 102 cm³/mol. The van der Waals surface area contributed by atoms with Crippen molar-refractivity contribution in [2.45, 2.75) is 26.4 Å². The smallest absolute Gasteiger partial charge is 0.278 e. The lowest BCUT2D eigenvalue weighted by Crippen LogP contribution is -3.14. The molecule has 1 fully saturated rings. The first-order chi connectivity index (χ1) is 12.8. The molecule has 0 radical (unpaired) electrons. The standard InChI is InChI=1S/C19H28ClFN4O2/c1-14(2)22-18(26)12-23(3)13-19(27)25-9-7-24(8-10-25)11-15-16(20)5-4-6-17(15)21/h4-6,14H,7-13H2,1-3H3,(H,22,26)/p+2. The molecule has 2 amide bonds. The number of carbonyl (C=O) groups is 2. The molecule has 0 aliphatic carbocycles. The molecule has 1 unspecified atom stereocenters. The Morgan fingerprint density at radius 1 is 1.30 bits per heavy atom. The molecule has 6 nitrogen and oxygen atoms in total. The van der Waals surface area contributed by atoms with Crippen molar-refractivity contribution in [3.8, 4) is 0 Å². The first kappa shape index (κ1) is 21.6. The molecule has 1 aliphatic heterocycles. The topological polar surface area (TPSA) is 58.3 Å². The minimum absolute atomic E-state index is 0.0489. The van der Waals surface area contributed by atoms with Gasteiger partial charge in [0.25, 0.3) is 11.8 Å². The van der Waals surface area contributed by atoms with Gasteiger partial charge in [-0.2, -0.15) is 0 Å². The number of amides is 2.